The number of hydrogen-bond acceptors (Lipinski definition) is 6. The van der Waals surface area contributed by atoms with E-state index in [0.717, 1.165) is 37.2 Å². The molecule has 1 aromatic rings. The highest BCUT2D eigenvalue weighted by molar-refractivity contribution is 5.47. The van der Waals surface area contributed by atoms with Crippen LogP contribution in [0.1, 0.15) is 18.7 Å². The molecule has 2 aliphatic heterocycles. The van der Waals surface area contributed by atoms with E-state index in [1.807, 2.05) is 20.0 Å². The molecular weight excluding hydrogens is 254 g/mol. The van der Waals surface area contributed by atoms with Crippen LogP contribution in [0.5, 0.6) is 0 Å². The van der Waals surface area contributed by atoms with Crippen LogP contribution < -0.4 is 10.6 Å². The van der Waals surface area contributed by atoms with Crippen molar-refractivity contribution >= 4 is 11.6 Å². The molecule has 1 aromatic heterocycles. The molecule has 0 bridgehead atoms. The second-order valence-electron chi connectivity index (χ2n) is 5.56. The highest BCUT2D eigenvalue weighted by atomic mass is 16.5. The first kappa shape index (κ1) is 13.6. The van der Waals surface area contributed by atoms with Gasteiger partial charge in [0.25, 0.3) is 0 Å². The van der Waals surface area contributed by atoms with Gasteiger partial charge in [-0.05, 0) is 26.3 Å². The third kappa shape index (κ3) is 3.02. The van der Waals surface area contributed by atoms with Gasteiger partial charge in [-0.25, -0.2) is 9.97 Å². The maximum Gasteiger partial charge on any atom is 0.131 e. The Morgan fingerprint density at radius 1 is 1.40 bits per heavy atom. The number of nitrogens with one attached hydrogen (secondary N) is 2. The van der Waals surface area contributed by atoms with Gasteiger partial charge >= 0.3 is 0 Å². The SMILES string of the molecule is CNc1cc(NCC2CN3CCCC3CO2)nc(C)n1. The molecule has 2 saturated heterocycles. The maximum absolute atomic E-state index is 5.94. The summed E-state index contributed by atoms with van der Waals surface area (Å²) >= 11 is 0. The van der Waals surface area contributed by atoms with Crippen LogP contribution in [0.25, 0.3) is 0 Å². The molecule has 6 nitrogen and oxygen atoms in total. The molecule has 110 valence electrons. The molecule has 0 saturated carbocycles. The Labute approximate surface area is 119 Å². The fourth-order valence-electron chi connectivity index (χ4n) is 3.01. The predicted molar refractivity (Wildman–Crippen MR) is 79.1 cm³/mol. The lowest BCUT2D eigenvalue weighted by atomic mass is 10.2. The standard InChI is InChI=1S/C14H23N5O/c1-10-17-13(15-2)6-14(18-10)16-7-12-8-19-5-3-4-11(19)9-20-12/h6,11-12H,3-5,7-9H2,1-2H3,(H2,15,16,17,18). The van der Waals surface area contributed by atoms with E-state index in [9.17, 15) is 0 Å². The van der Waals surface area contributed by atoms with Gasteiger partial charge in [0.15, 0.2) is 0 Å². The third-order valence-corrected chi connectivity index (χ3v) is 4.07. The molecule has 0 spiro atoms. The lowest BCUT2D eigenvalue weighted by molar-refractivity contribution is -0.0416. The topological polar surface area (TPSA) is 62.3 Å². The minimum absolute atomic E-state index is 0.248. The molecule has 0 radical (unpaired) electrons. The lowest BCUT2D eigenvalue weighted by Gasteiger charge is -2.35. The Kier molecular flexibility index (Phi) is 4.03. The number of fused-ring (bicyclic) bond motifs is 1. The quantitative estimate of drug-likeness (QED) is 0.859. The number of morpholine rings is 1. The zero-order chi connectivity index (χ0) is 13.9. The third-order valence-electron chi connectivity index (χ3n) is 4.07. The Morgan fingerprint density at radius 2 is 2.25 bits per heavy atom. The molecule has 20 heavy (non-hydrogen) atoms. The fourth-order valence-corrected chi connectivity index (χ4v) is 3.01. The molecule has 0 aromatic carbocycles. The van der Waals surface area contributed by atoms with Gasteiger partial charge in [0.1, 0.15) is 17.5 Å². The lowest BCUT2D eigenvalue weighted by Crippen LogP contribution is -2.48. The molecule has 3 heterocycles. The highest BCUT2D eigenvalue weighted by Crippen LogP contribution is 2.22. The van der Waals surface area contributed by atoms with E-state index in [0.29, 0.717) is 6.04 Å². The number of nitrogens with zero attached hydrogens (tertiary/aromatic N) is 3. The van der Waals surface area contributed by atoms with E-state index in [-0.39, 0.29) is 6.10 Å². The van der Waals surface area contributed by atoms with Gasteiger partial charge in [0, 0.05) is 32.2 Å². The number of anilines is 2. The van der Waals surface area contributed by atoms with Crippen LogP contribution in [-0.4, -0.2) is 60.3 Å². The first-order valence-corrected chi connectivity index (χ1v) is 7.37. The zero-order valence-corrected chi connectivity index (χ0v) is 12.2. The van der Waals surface area contributed by atoms with Gasteiger partial charge in [0.05, 0.1) is 12.7 Å². The summed E-state index contributed by atoms with van der Waals surface area (Å²) in [6, 6.07) is 2.58. The van der Waals surface area contributed by atoms with Crippen molar-refractivity contribution in [2.45, 2.75) is 31.9 Å². The summed E-state index contributed by atoms with van der Waals surface area (Å²) < 4.78 is 5.94. The molecule has 3 rings (SSSR count). The molecule has 2 unspecified atom stereocenters. The van der Waals surface area contributed by atoms with Crippen LogP contribution in [0.2, 0.25) is 0 Å². The number of aromatic nitrogens is 2. The molecule has 0 aliphatic carbocycles. The minimum atomic E-state index is 0.248. The normalized spacial score (nSPS) is 26.3. The van der Waals surface area contributed by atoms with E-state index in [1.54, 1.807) is 0 Å². The largest absolute Gasteiger partial charge is 0.373 e. The van der Waals surface area contributed by atoms with Crippen LogP contribution in [0.15, 0.2) is 6.07 Å². The summed E-state index contributed by atoms with van der Waals surface area (Å²) in [6.07, 6.45) is 2.85. The number of ether oxygens (including phenoxy) is 1. The van der Waals surface area contributed by atoms with E-state index < -0.39 is 0 Å². The van der Waals surface area contributed by atoms with Crippen molar-refractivity contribution in [2.24, 2.45) is 0 Å². The Balaban J connectivity index is 1.55. The van der Waals surface area contributed by atoms with Crippen LogP contribution >= 0.6 is 0 Å². The van der Waals surface area contributed by atoms with E-state index in [2.05, 4.69) is 25.5 Å². The summed E-state index contributed by atoms with van der Waals surface area (Å²) in [5.74, 6) is 2.46. The van der Waals surface area contributed by atoms with Crippen molar-refractivity contribution in [3.05, 3.63) is 11.9 Å². The summed E-state index contributed by atoms with van der Waals surface area (Å²) in [7, 11) is 1.86. The van der Waals surface area contributed by atoms with Crippen molar-refractivity contribution in [3.8, 4) is 0 Å². The smallest absolute Gasteiger partial charge is 0.131 e. The monoisotopic (exact) mass is 277 g/mol. The molecule has 2 aliphatic rings. The number of hydrogen-bond donors (Lipinski definition) is 2. The average molecular weight is 277 g/mol. The zero-order valence-electron chi connectivity index (χ0n) is 12.2. The van der Waals surface area contributed by atoms with Crippen molar-refractivity contribution in [1.82, 2.24) is 14.9 Å². The van der Waals surface area contributed by atoms with E-state index in [4.69, 9.17) is 4.74 Å². The molecule has 2 fully saturated rings. The van der Waals surface area contributed by atoms with Gasteiger partial charge in [-0.15, -0.1) is 0 Å². The Hall–Kier alpha value is -1.40. The number of rotatable bonds is 4. The fraction of sp³-hybridized carbons (Fsp3) is 0.714. The van der Waals surface area contributed by atoms with E-state index in [1.165, 1.54) is 19.4 Å². The molecule has 2 atom stereocenters. The molecule has 6 heteroatoms. The van der Waals surface area contributed by atoms with E-state index >= 15 is 0 Å². The van der Waals surface area contributed by atoms with Crippen LogP contribution in [0.4, 0.5) is 11.6 Å². The Morgan fingerprint density at radius 3 is 3.10 bits per heavy atom. The molecule has 2 N–H and O–H groups in total. The molecular formula is C14H23N5O. The predicted octanol–water partition coefficient (Wildman–Crippen LogP) is 1.10. The summed E-state index contributed by atoms with van der Waals surface area (Å²) in [5, 5.41) is 6.41. The van der Waals surface area contributed by atoms with Crippen molar-refractivity contribution in [2.75, 3.05) is 43.9 Å². The van der Waals surface area contributed by atoms with Crippen molar-refractivity contribution < 1.29 is 4.74 Å². The van der Waals surface area contributed by atoms with Crippen LogP contribution in [0.3, 0.4) is 0 Å². The minimum Gasteiger partial charge on any atom is -0.373 e. The molecule has 0 amide bonds. The van der Waals surface area contributed by atoms with Gasteiger partial charge in [0.2, 0.25) is 0 Å². The van der Waals surface area contributed by atoms with Gasteiger partial charge in [-0.2, -0.15) is 0 Å². The highest BCUT2D eigenvalue weighted by Gasteiger charge is 2.31. The second-order valence-corrected chi connectivity index (χ2v) is 5.56. The second kappa shape index (κ2) is 5.93. The van der Waals surface area contributed by atoms with Gasteiger partial charge < -0.3 is 15.4 Å². The Bertz CT molecular complexity index is 467. The summed E-state index contributed by atoms with van der Waals surface area (Å²) in [6.45, 7) is 5.82. The van der Waals surface area contributed by atoms with Crippen LogP contribution in [-0.2, 0) is 4.74 Å². The first-order chi connectivity index (χ1) is 9.74. The van der Waals surface area contributed by atoms with Crippen LogP contribution in [0, 0.1) is 6.92 Å². The van der Waals surface area contributed by atoms with Crippen molar-refractivity contribution in [3.63, 3.8) is 0 Å². The van der Waals surface area contributed by atoms with Gasteiger partial charge in [-0.1, -0.05) is 0 Å². The maximum atomic E-state index is 5.94. The summed E-state index contributed by atoms with van der Waals surface area (Å²) in [4.78, 5) is 11.2. The summed E-state index contributed by atoms with van der Waals surface area (Å²) in [5.41, 5.74) is 0. The van der Waals surface area contributed by atoms with Gasteiger partial charge in [-0.3, -0.25) is 4.90 Å². The average Bonchev–Trinajstić information content (AvgIpc) is 2.92. The first-order valence-electron chi connectivity index (χ1n) is 7.37. The number of aryl methyl sites for hydroxylation is 1. The van der Waals surface area contributed by atoms with Crippen molar-refractivity contribution in [1.29, 1.82) is 0 Å².